The normalized spacial score (nSPS) is 26.3. The van der Waals surface area contributed by atoms with Crippen molar-refractivity contribution in [3.8, 4) is 6.07 Å². The third-order valence-corrected chi connectivity index (χ3v) is 3.71. The second kappa shape index (κ2) is 3.74. The molecule has 1 aliphatic carbocycles. The molecule has 1 N–H and O–H groups in total. The van der Waals surface area contributed by atoms with Crippen LogP contribution in [-0.4, -0.2) is 36.0 Å². The molecule has 16 heavy (non-hydrogen) atoms. The maximum atomic E-state index is 12.1. The molecule has 0 aromatic heterocycles. The maximum absolute atomic E-state index is 12.1. The van der Waals surface area contributed by atoms with Gasteiger partial charge in [0.2, 0.25) is 5.91 Å². The summed E-state index contributed by atoms with van der Waals surface area (Å²) in [5.41, 5.74) is -0.321. The lowest BCUT2D eigenvalue weighted by Crippen LogP contribution is -2.62. The molecule has 2 fully saturated rings. The van der Waals surface area contributed by atoms with E-state index in [1.165, 1.54) is 0 Å². The topological polar surface area (TPSA) is 56.1 Å². The second-order valence-electron chi connectivity index (χ2n) is 5.61. The lowest BCUT2D eigenvalue weighted by Gasteiger charge is -2.39. The number of carbonyl (C=O) groups is 1. The van der Waals surface area contributed by atoms with Gasteiger partial charge in [0.1, 0.15) is 0 Å². The van der Waals surface area contributed by atoms with Gasteiger partial charge in [-0.3, -0.25) is 4.79 Å². The predicted molar refractivity (Wildman–Crippen MR) is 60.6 cm³/mol. The van der Waals surface area contributed by atoms with Crippen LogP contribution in [0.2, 0.25) is 0 Å². The van der Waals surface area contributed by atoms with Crippen molar-refractivity contribution in [1.82, 2.24) is 10.2 Å². The molecule has 1 saturated heterocycles. The fourth-order valence-electron chi connectivity index (χ4n) is 2.37. The number of hydrogen-bond donors (Lipinski definition) is 1. The van der Waals surface area contributed by atoms with Crippen LogP contribution < -0.4 is 5.32 Å². The minimum atomic E-state index is -0.443. The van der Waals surface area contributed by atoms with Crippen molar-refractivity contribution in [3.05, 3.63) is 0 Å². The number of carbonyl (C=O) groups excluding carboxylic acids is 1. The minimum Gasteiger partial charge on any atom is -0.339 e. The molecule has 0 atom stereocenters. The summed E-state index contributed by atoms with van der Waals surface area (Å²) in [7, 11) is 0. The number of nitrogens with zero attached hydrogens (tertiary/aromatic N) is 2. The van der Waals surface area contributed by atoms with Crippen molar-refractivity contribution < 1.29 is 4.79 Å². The SMILES string of the molecule is CC1(C)NCCN(CC2(CC#N)CC2)C1=O. The number of nitriles is 1. The average molecular weight is 221 g/mol. The number of rotatable bonds is 3. The summed E-state index contributed by atoms with van der Waals surface area (Å²) in [6, 6.07) is 2.24. The molecule has 0 spiro atoms. The fraction of sp³-hybridized carbons (Fsp3) is 0.833. The van der Waals surface area contributed by atoms with E-state index in [9.17, 15) is 4.79 Å². The lowest BCUT2D eigenvalue weighted by molar-refractivity contribution is -0.140. The number of nitrogens with one attached hydrogen (secondary N) is 1. The van der Waals surface area contributed by atoms with E-state index < -0.39 is 5.54 Å². The molecule has 1 saturated carbocycles. The van der Waals surface area contributed by atoms with Crippen molar-refractivity contribution >= 4 is 5.91 Å². The molecule has 2 rings (SSSR count). The highest BCUT2D eigenvalue weighted by Gasteiger charge is 2.46. The summed E-state index contributed by atoms with van der Waals surface area (Å²) in [4.78, 5) is 14.1. The van der Waals surface area contributed by atoms with E-state index in [2.05, 4.69) is 11.4 Å². The molecule has 1 amide bonds. The quantitative estimate of drug-likeness (QED) is 0.770. The first kappa shape index (κ1) is 11.4. The van der Waals surface area contributed by atoms with Crippen LogP contribution in [0, 0.1) is 16.7 Å². The van der Waals surface area contributed by atoms with Gasteiger partial charge in [-0.1, -0.05) is 0 Å². The van der Waals surface area contributed by atoms with Crippen LogP contribution in [0.25, 0.3) is 0 Å². The Morgan fingerprint density at radius 2 is 2.19 bits per heavy atom. The number of amides is 1. The van der Waals surface area contributed by atoms with Crippen molar-refractivity contribution in [2.45, 2.75) is 38.6 Å². The lowest BCUT2D eigenvalue weighted by atomic mass is 9.97. The van der Waals surface area contributed by atoms with Gasteiger partial charge in [-0.25, -0.2) is 0 Å². The van der Waals surface area contributed by atoms with Crippen molar-refractivity contribution in [2.24, 2.45) is 5.41 Å². The Hall–Kier alpha value is -1.08. The van der Waals surface area contributed by atoms with Gasteiger partial charge in [0.05, 0.1) is 11.6 Å². The highest BCUT2D eigenvalue weighted by molar-refractivity contribution is 5.86. The molecule has 4 nitrogen and oxygen atoms in total. The van der Waals surface area contributed by atoms with E-state index in [-0.39, 0.29) is 11.3 Å². The number of piperazine rings is 1. The fourth-order valence-corrected chi connectivity index (χ4v) is 2.37. The summed E-state index contributed by atoms with van der Waals surface area (Å²) >= 11 is 0. The van der Waals surface area contributed by atoms with E-state index in [0.29, 0.717) is 6.42 Å². The minimum absolute atomic E-state index is 0.123. The molecule has 2 aliphatic rings. The first-order valence-electron chi connectivity index (χ1n) is 5.91. The van der Waals surface area contributed by atoms with Crippen LogP contribution >= 0.6 is 0 Å². The molecule has 0 unspecified atom stereocenters. The molecule has 4 heteroatoms. The Kier molecular flexibility index (Phi) is 2.67. The van der Waals surface area contributed by atoms with Crippen LogP contribution in [0.4, 0.5) is 0 Å². The molecular formula is C12H19N3O. The van der Waals surface area contributed by atoms with Gasteiger partial charge in [-0.05, 0) is 26.7 Å². The maximum Gasteiger partial charge on any atom is 0.242 e. The molecule has 88 valence electrons. The zero-order chi connectivity index (χ0) is 11.8. The first-order chi connectivity index (χ1) is 7.49. The van der Waals surface area contributed by atoms with E-state index >= 15 is 0 Å². The zero-order valence-corrected chi connectivity index (χ0v) is 10.0. The summed E-state index contributed by atoms with van der Waals surface area (Å²) in [5.74, 6) is 0.169. The third-order valence-electron chi connectivity index (χ3n) is 3.71. The van der Waals surface area contributed by atoms with Crippen molar-refractivity contribution in [3.63, 3.8) is 0 Å². The van der Waals surface area contributed by atoms with Gasteiger partial charge >= 0.3 is 0 Å². The molecule has 1 aliphatic heterocycles. The Balaban J connectivity index is 2.00. The Morgan fingerprint density at radius 3 is 2.75 bits per heavy atom. The molecule has 0 bridgehead atoms. The Morgan fingerprint density at radius 1 is 1.50 bits per heavy atom. The standard InChI is InChI=1S/C12H19N3O/c1-11(2)10(16)15(8-7-14-11)9-12(3-4-12)5-6-13/h14H,3-5,7-9H2,1-2H3. The average Bonchev–Trinajstić information content (AvgIpc) is 2.94. The monoisotopic (exact) mass is 221 g/mol. The van der Waals surface area contributed by atoms with Crippen LogP contribution in [0.3, 0.4) is 0 Å². The molecular weight excluding hydrogens is 202 g/mol. The van der Waals surface area contributed by atoms with E-state index in [4.69, 9.17) is 5.26 Å². The van der Waals surface area contributed by atoms with Crippen LogP contribution in [0.5, 0.6) is 0 Å². The van der Waals surface area contributed by atoms with Gasteiger partial charge < -0.3 is 10.2 Å². The summed E-state index contributed by atoms with van der Waals surface area (Å²) in [5, 5.41) is 12.0. The predicted octanol–water partition coefficient (Wildman–Crippen LogP) is 0.891. The van der Waals surface area contributed by atoms with E-state index in [1.54, 1.807) is 0 Å². The van der Waals surface area contributed by atoms with Gasteiger partial charge in [-0.2, -0.15) is 5.26 Å². The molecule has 0 aromatic rings. The van der Waals surface area contributed by atoms with E-state index in [0.717, 1.165) is 32.5 Å². The first-order valence-corrected chi connectivity index (χ1v) is 5.91. The largest absolute Gasteiger partial charge is 0.339 e. The smallest absolute Gasteiger partial charge is 0.242 e. The van der Waals surface area contributed by atoms with Gasteiger partial charge in [-0.15, -0.1) is 0 Å². The summed E-state index contributed by atoms with van der Waals surface area (Å²) < 4.78 is 0. The molecule has 0 radical (unpaired) electrons. The van der Waals surface area contributed by atoms with Crippen LogP contribution in [-0.2, 0) is 4.79 Å². The van der Waals surface area contributed by atoms with Crippen LogP contribution in [0.15, 0.2) is 0 Å². The van der Waals surface area contributed by atoms with Crippen molar-refractivity contribution in [1.29, 1.82) is 5.26 Å². The van der Waals surface area contributed by atoms with Gasteiger partial charge in [0.25, 0.3) is 0 Å². The highest BCUT2D eigenvalue weighted by atomic mass is 16.2. The Bertz CT molecular complexity index is 339. The summed E-state index contributed by atoms with van der Waals surface area (Å²) in [6.07, 6.45) is 2.78. The van der Waals surface area contributed by atoms with Crippen molar-refractivity contribution in [2.75, 3.05) is 19.6 Å². The van der Waals surface area contributed by atoms with Gasteiger partial charge in [0, 0.05) is 31.5 Å². The molecule has 1 heterocycles. The van der Waals surface area contributed by atoms with Gasteiger partial charge in [0.15, 0.2) is 0 Å². The Labute approximate surface area is 96.6 Å². The van der Waals surface area contributed by atoms with E-state index in [1.807, 2.05) is 18.7 Å². The third kappa shape index (κ3) is 2.05. The highest BCUT2D eigenvalue weighted by Crippen LogP contribution is 2.49. The van der Waals surface area contributed by atoms with Crippen LogP contribution in [0.1, 0.15) is 33.1 Å². The second-order valence-corrected chi connectivity index (χ2v) is 5.61. The molecule has 0 aromatic carbocycles. The zero-order valence-electron chi connectivity index (χ0n) is 10.0. The summed E-state index contributed by atoms with van der Waals surface area (Å²) in [6.45, 7) is 6.23. The number of hydrogen-bond acceptors (Lipinski definition) is 3.